The van der Waals surface area contributed by atoms with Crippen LogP contribution in [0.4, 0.5) is 0 Å². The first-order valence-electron chi connectivity index (χ1n) is 8.93. The van der Waals surface area contributed by atoms with Crippen molar-refractivity contribution in [2.75, 3.05) is 33.4 Å². The molecule has 0 aliphatic heterocycles. The second-order valence-electron chi connectivity index (χ2n) is 5.97. The molecule has 1 unspecified atom stereocenters. The third-order valence-electron chi connectivity index (χ3n) is 4.00. The molecular weight excluding hydrogens is 328 g/mol. The summed E-state index contributed by atoms with van der Waals surface area (Å²) in [4.78, 5) is 16.2. The topological polar surface area (TPSA) is 74.8 Å². The fraction of sp³-hybridized carbons (Fsp3) is 0.400. The summed E-state index contributed by atoms with van der Waals surface area (Å²) in [5.74, 6) is 0.492. The van der Waals surface area contributed by atoms with E-state index in [1.165, 1.54) is 16.3 Å². The molecule has 140 valence electrons. The van der Waals surface area contributed by atoms with Gasteiger partial charge in [-0.25, -0.2) is 4.99 Å². The van der Waals surface area contributed by atoms with E-state index < -0.39 is 0 Å². The molecule has 2 aromatic rings. The minimum atomic E-state index is -0.128. The largest absolute Gasteiger partial charge is 0.383 e. The van der Waals surface area contributed by atoms with Crippen LogP contribution in [0.3, 0.4) is 0 Å². The van der Waals surface area contributed by atoms with Crippen molar-refractivity contribution in [3.05, 3.63) is 48.0 Å². The van der Waals surface area contributed by atoms with Crippen LogP contribution in [0.5, 0.6) is 0 Å². The lowest BCUT2D eigenvalue weighted by atomic mass is 10.00. The molecule has 0 bridgehead atoms. The number of benzene rings is 2. The highest BCUT2D eigenvalue weighted by atomic mass is 16.5. The monoisotopic (exact) mass is 356 g/mol. The Morgan fingerprint density at radius 3 is 2.69 bits per heavy atom. The number of hydrogen-bond acceptors (Lipinski definition) is 3. The van der Waals surface area contributed by atoms with Gasteiger partial charge >= 0.3 is 0 Å². The number of methoxy groups -OCH3 is 1. The molecule has 26 heavy (non-hydrogen) atoms. The minimum absolute atomic E-state index is 0.0513. The Morgan fingerprint density at radius 2 is 1.92 bits per heavy atom. The van der Waals surface area contributed by atoms with Crippen LogP contribution in [0.1, 0.15) is 25.5 Å². The molecule has 1 amide bonds. The SMILES string of the molecule is CCNC(=NCC(=O)NCCOC)NC(C)c1cccc2ccccc12. The van der Waals surface area contributed by atoms with E-state index in [2.05, 4.69) is 58.2 Å². The first kappa shape index (κ1) is 19.7. The van der Waals surface area contributed by atoms with Crippen LogP contribution >= 0.6 is 0 Å². The summed E-state index contributed by atoms with van der Waals surface area (Å²) < 4.78 is 4.92. The van der Waals surface area contributed by atoms with Crippen LogP contribution in [-0.4, -0.2) is 45.2 Å². The number of aliphatic imine (C=N–C) groups is 1. The number of amides is 1. The summed E-state index contributed by atoms with van der Waals surface area (Å²) in [6.45, 7) is 5.86. The van der Waals surface area contributed by atoms with Crippen molar-refractivity contribution >= 4 is 22.6 Å². The number of carbonyl (C=O) groups excluding carboxylic acids is 1. The molecule has 0 saturated heterocycles. The number of carbonyl (C=O) groups is 1. The maximum atomic E-state index is 11.8. The summed E-state index contributed by atoms with van der Waals surface area (Å²) in [5, 5.41) is 11.8. The van der Waals surface area contributed by atoms with Gasteiger partial charge in [-0.05, 0) is 30.2 Å². The van der Waals surface area contributed by atoms with Gasteiger partial charge in [-0.15, -0.1) is 0 Å². The number of ether oxygens (including phenoxy) is 1. The molecule has 2 rings (SSSR count). The predicted octanol–water partition coefficient (Wildman–Crippen LogP) is 2.22. The molecule has 6 nitrogen and oxygen atoms in total. The molecule has 0 heterocycles. The van der Waals surface area contributed by atoms with E-state index in [0.29, 0.717) is 19.1 Å². The molecule has 0 fully saturated rings. The molecule has 2 aromatic carbocycles. The average Bonchev–Trinajstić information content (AvgIpc) is 2.66. The second kappa shape index (κ2) is 10.4. The van der Waals surface area contributed by atoms with E-state index in [9.17, 15) is 4.79 Å². The summed E-state index contributed by atoms with van der Waals surface area (Å²) in [5.41, 5.74) is 1.19. The van der Waals surface area contributed by atoms with Crippen LogP contribution in [0.15, 0.2) is 47.5 Å². The van der Waals surface area contributed by atoms with Crippen LogP contribution < -0.4 is 16.0 Å². The van der Waals surface area contributed by atoms with Crippen molar-refractivity contribution in [1.29, 1.82) is 0 Å². The smallest absolute Gasteiger partial charge is 0.241 e. The van der Waals surface area contributed by atoms with E-state index in [4.69, 9.17) is 4.74 Å². The van der Waals surface area contributed by atoms with Gasteiger partial charge in [0.25, 0.3) is 0 Å². The van der Waals surface area contributed by atoms with Crippen molar-refractivity contribution in [2.24, 2.45) is 4.99 Å². The van der Waals surface area contributed by atoms with Crippen molar-refractivity contribution < 1.29 is 9.53 Å². The summed E-state index contributed by atoms with van der Waals surface area (Å²) in [6.07, 6.45) is 0. The number of nitrogens with zero attached hydrogens (tertiary/aromatic N) is 1. The molecule has 0 aliphatic rings. The Balaban J connectivity index is 2.06. The minimum Gasteiger partial charge on any atom is -0.383 e. The molecule has 1 atom stereocenters. The Labute approximate surface area is 155 Å². The third kappa shape index (κ3) is 5.74. The first-order chi connectivity index (χ1) is 12.7. The first-order valence-corrected chi connectivity index (χ1v) is 8.93. The Hall–Kier alpha value is -2.60. The zero-order valence-corrected chi connectivity index (χ0v) is 15.7. The molecule has 0 spiro atoms. The summed E-state index contributed by atoms with van der Waals surface area (Å²) in [6, 6.07) is 14.6. The van der Waals surface area contributed by atoms with Gasteiger partial charge in [-0.2, -0.15) is 0 Å². The van der Waals surface area contributed by atoms with Crippen molar-refractivity contribution in [3.63, 3.8) is 0 Å². The van der Waals surface area contributed by atoms with Gasteiger partial charge in [0.05, 0.1) is 12.6 Å². The Bertz CT molecular complexity index is 740. The van der Waals surface area contributed by atoms with E-state index >= 15 is 0 Å². The predicted molar refractivity (Wildman–Crippen MR) is 106 cm³/mol. The van der Waals surface area contributed by atoms with Crippen LogP contribution in [0, 0.1) is 0 Å². The fourth-order valence-corrected chi connectivity index (χ4v) is 2.73. The van der Waals surface area contributed by atoms with Gasteiger partial charge in [-0.1, -0.05) is 42.5 Å². The molecule has 0 aromatic heterocycles. The quantitative estimate of drug-likeness (QED) is 0.385. The third-order valence-corrected chi connectivity index (χ3v) is 4.00. The van der Waals surface area contributed by atoms with E-state index in [0.717, 1.165) is 6.54 Å². The van der Waals surface area contributed by atoms with Gasteiger partial charge in [0.2, 0.25) is 5.91 Å². The zero-order chi connectivity index (χ0) is 18.8. The van der Waals surface area contributed by atoms with Gasteiger partial charge in [0.15, 0.2) is 5.96 Å². The number of hydrogen-bond donors (Lipinski definition) is 3. The molecule has 0 aliphatic carbocycles. The lowest BCUT2D eigenvalue weighted by Gasteiger charge is -2.19. The second-order valence-corrected chi connectivity index (χ2v) is 5.97. The molecule has 0 saturated carbocycles. The normalized spacial score (nSPS) is 12.7. The van der Waals surface area contributed by atoms with Gasteiger partial charge in [-0.3, -0.25) is 4.79 Å². The summed E-state index contributed by atoms with van der Waals surface area (Å²) >= 11 is 0. The highest BCUT2D eigenvalue weighted by Gasteiger charge is 2.11. The van der Waals surface area contributed by atoms with Gasteiger partial charge < -0.3 is 20.7 Å². The maximum Gasteiger partial charge on any atom is 0.241 e. The van der Waals surface area contributed by atoms with Crippen molar-refractivity contribution in [3.8, 4) is 0 Å². The molecular formula is C20H28N4O2. The number of guanidine groups is 1. The zero-order valence-electron chi connectivity index (χ0n) is 15.7. The van der Waals surface area contributed by atoms with E-state index in [1.54, 1.807) is 7.11 Å². The van der Waals surface area contributed by atoms with Crippen LogP contribution in [0.25, 0.3) is 10.8 Å². The van der Waals surface area contributed by atoms with Crippen LogP contribution in [0.2, 0.25) is 0 Å². The average molecular weight is 356 g/mol. The Kier molecular flexibility index (Phi) is 7.89. The van der Waals surface area contributed by atoms with E-state index in [1.807, 2.05) is 19.1 Å². The number of rotatable bonds is 8. The van der Waals surface area contributed by atoms with Gasteiger partial charge in [0, 0.05) is 20.2 Å². The van der Waals surface area contributed by atoms with E-state index in [-0.39, 0.29) is 18.5 Å². The fourth-order valence-electron chi connectivity index (χ4n) is 2.73. The Morgan fingerprint density at radius 1 is 1.15 bits per heavy atom. The number of fused-ring (bicyclic) bond motifs is 1. The molecule has 6 heteroatoms. The summed E-state index contributed by atoms with van der Waals surface area (Å²) in [7, 11) is 1.60. The molecule has 0 radical (unpaired) electrons. The maximum absolute atomic E-state index is 11.8. The highest BCUT2D eigenvalue weighted by Crippen LogP contribution is 2.23. The van der Waals surface area contributed by atoms with Crippen LogP contribution in [-0.2, 0) is 9.53 Å². The molecule has 3 N–H and O–H groups in total. The highest BCUT2D eigenvalue weighted by molar-refractivity contribution is 5.88. The van der Waals surface area contributed by atoms with Crippen molar-refractivity contribution in [1.82, 2.24) is 16.0 Å². The lowest BCUT2D eigenvalue weighted by molar-refractivity contribution is -0.119. The standard InChI is InChI=1S/C20H28N4O2/c1-4-21-20(23-14-19(25)22-12-13-26-3)24-15(2)17-11-7-9-16-8-5-6-10-18(16)17/h5-11,15H,4,12-14H2,1-3H3,(H,22,25)(H2,21,23,24). The number of nitrogens with one attached hydrogen (secondary N) is 3. The lowest BCUT2D eigenvalue weighted by Crippen LogP contribution is -2.40. The van der Waals surface area contributed by atoms with Crippen molar-refractivity contribution in [2.45, 2.75) is 19.9 Å². The van der Waals surface area contributed by atoms with Gasteiger partial charge in [0.1, 0.15) is 6.54 Å².